The zero-order valence-corrected chi connectivity index (χ0v) is 15.4. The van der Waals surface area contributed by atoms with Gasteiger partial charge in [0.2, 0.25) is 0 Å². The van der Waals surface area contributed by atoms with Crippen LogP contribution in [0.4, 0.5) is 5.82 Å². The summed E-state index contributed by atoms with van der Waals surface area (Å²) in [6, 6.07) is 11.1. The Morgan fingerprint density at radius 3 is 2.93 bits per heavy atom. The molecule has 2 bridgehead atoms. The molecule has 0 radical (unpaired) electrons. The zero-order valence-electron chi connectivity index (χ0n) is 15.4. The molecule has 0 spiro atoms. The molecule has 1 aliphatic carbocycles. The Bertz CT molecular complexity index is 1220. The van der Waals surface area contributed by atoms with Crippen molar-refractivity contribution >= 4 is 22.4 Å². The van der Waals surface area contributed by atoms with E-state index in [1.54, 1.807) is 0 Å². The third kappa shape index (κ3) is 2.10. The van der Waals surface area contributed by atoms with Gasteiger partial charge in [-0.2, -0.15) is 5.10 Å². The number of benzene rings is 1. The summed E-state index contributed by atoms with van der Waals surface area (Å²) in [5.74, 6) is 1.62. The third-order valence-corrected chi connectivity index (χ3v) is 6.40. The summed E-state index contributed by atoms with van der Waals surface area (Å²) >= 11 is 0. The second-order valence-corrected chi connectivity index (χ2v) is 8.25. The van der Waals surface area contributed by atoms with Crippen LogP contribution in [0.5, 0.6) is 0 Å². The summed E-state index contributed by atoms with van der Waals surface area (Å²) in [6.07, 6.45) is 5.87. The average Bonchev–Trinajstić information content (AvgIpc) is 3.12. The SMILES string of the molecule is c1cc2[nH]nc(C3CC3)c2cc1-c1cnc2ccc(N3C[C@H]4C[C@@H]3CO4)nn12. The lowest BCUT2D eigenvalue weighted by atomic mass is 10.1. The number of ether oxygens (including phenoxy) is 1. The van der Waals surface area contributed by atoms with Gasteiger partial charge in [0, 0.05) is 23.4 Å². The normalized spacial score (nSPS) is 24.1. The van der Waals surface area contributed by atoms with E-state index in [9.17, 15) is 0 Å². The number of aromatic nitrogens is 5. The second-order valence-electron chi connectivity index (χ2n) is 8.25. The van der Waals surface area contributed by atoms with Crippen molar-refractivity contribution in [1.29, 1.82) is 0 Å². The molecule has 1 aromatic carbocycles. The van der Waals surface area contributed by atoms with E-state index in [1.807, 2.05) is 10.7 Å². The molecule has 3 aliphatic rings. The average molecular weight is 372 g/mol. The topological polar surface area (TPSA) is 71.3 Å². The molecule has 1 N–H and O–H groups in total. The molecule has 5 heterocycles. The smallest absolute Gasteiger partial charge is 0.154 e. The molecule has 2 saturated heterocycles. The first-order valence-electron chi connectivity index (χ1n) is 10.0. The number of H-pyrrole nitrogens is 1. The quantitative estimate of drug-likeness (QED) is 0.598. The number of aromatic amines is 1. The number of nitrogens with zero attached hydrogens (tertiary/aromatic N) is 5. The highest BCUT2D eigenvalue weighted by molar-refractivity contribution is 5.87. The summed E-state index contributed by atoms with van der Waals surface area (Å²) in [5, 5.41) is 13.9. The Kier molecular flexibility index (Phi) is 2.86. The van der Waals surface area contributed by atoms with E-state index in [1.165, 1.54) is 23.9 Å². The van der Waals surface area contributed by atoms with Crippen LogP contribution in [0.25, 0.3) is 27.8 Å². The van der Waals surface area contributed by atoms with E-state index in [0.717, 1.165) is 47.8 Å². The van der Waals surface area contributed by atoms with Crippen molar-refractivity contribution in [2.75, 3.05) is 18.1 Å². The molecule has 3 aromatic heterocycles. The maximum Gasteiger partial charge on any atom is 0.154 e. The Hall–Kier alpha value is -2.93. The molecule has 0 unspecified atom stereocenters. The molecule has 7 heteroatoms. The van der Waals surface area contributed by atoms with Crippen LogP contribution in [0.1, 0.15) is 30.9 Å². The molecule has 4 aromatic rings. The highest BCUT2D eigenvalue weighted by Gasteiger charge is 2.39. The van der Waals surface area contributed by atoms with Crippen LogP contribution in [0.3, 0.4) is 0 Å². The van der Waals surface area contributed by atoms with Crippen LogP contribution >= 0.6 is 0 Å². The number of fused-ring (bicyclic) bond motifs is 4. The predicted octanol–water partition coefficient (Wildman–Crippen LogP) is 3.13. The van der Waals surface area contributed by atoms with E-state index < -0.39 is 0 Å². The fourth-order valence-corrected chi connectivity index (χ4v) is 4.76. The minimum atomic E-state index is 0.356. The van der Waals surface area contributed by atoms with Crippen molar-refractivity contribution in [3.63, 3.8) is 0 Å². The number of hydrogen-bond acceptors (Lipinski definition) is 5. The molecule has 7 rings (SSSR count). The number of imidazole rings is 1. The van der Waals surface area contributed by atoms with Gasteiger partial charge >= 0.3 is 0 Å². The number of nitrogens with one attached hydrogen (secondary N) is 1. The Morgan fingerprint density at radius 2 is 2.11 bits per heavy atom. The van der Waals surface area contributed by atoms with Gasteiger partial charge in [0.25, 0.3) is 0 Å². The van der Waals surface area contributed by atoms with Crippen LogP contribution in [0, 0.1) is 0 Å². The van der Waals surface area contributed by atoms with E-state index in [-0.39, 0.29) is 0 Å². The summed E-state index contributed by atoms with van der Waals surface area (Å²) in [6.45, 7) is 1.74. The van der Waals surface area contributed by atoms with Gasteiger partial charge in [-0.15, -0.1) is 5.10 Å². The fourth-order valence-electron chi connectivity index (χ4n) is 4.76. The monoisotopic (exact) mass is 372 g/mol. The van der Waals surface area contributed by atoms with Crippen LogP contribution in [-0.4, -0.2) is 50.1 Å². The number of rotatable bonds is 3. The predicted molar refractivity (Wildman–Crippen MR) is 106 cm³/mol. The maximum atomic E-state index is 5.74. The van der Waals surface area contributed by atoms with Crippen molar-refractivity contribution < 1.29 is 4.74 Å². The first-order chi connectivity index (χ1) is 13.8. The van der Waals surface area contributed by atoms with Crippen molar-refractivity contribution in [2.45, 2.75) is 37.3 Å². The summed E-state index contributed by atoms with van der Waals surface area (Å²) in [5.41, 5.74) is 5.31. The van der Waals surface area contributed by atoms with Crippen LogP contribution in [0.2, 0.25) is 0 Å². The second kappa shape index (κ2) is 5.32. The Morgan fingerprint density at radius 1 is 1.14 bits per heavy atom. The lowest BCUT2D eigenvalue weighted by Gasteiger charge is -2.27. The molecule has 7 nitrogen and oxygen atoms in total. The van der Waals surface area contributed by atoms with Crippen LogP contribution < -0.4 is 4.90 Å². The summed E-state index contributed by atoms with van der Waals surface area (Å²) in [4.78, 5) is 6.96. The number of anilines is 1. The molecular formula is C21H20N6O. The first-order valence-corrected chi connectivity index (χ1v) is 10.0. The number of morpholine rings is 1. The fraction of sp³-hybridized carbons (Fsp3) is 0.381. The third-order valence-electron chi connectivity index (χ3n) is 6.40. The highest BCUT2D eigenvalue weighted by Crippen LogP contribution is 2.42. The van der Waals surface area contributed by atoms with Gasteiger partial charge in [0.15, 0.2) is 5.65 Å². The van der Waals surface area contributed by atoms with E-state index >= 15 is 0 Å². The van der Waals surface area contributed by atoms with E-state index in [0.29, 0.717) is 18.1 Å². The Labute approximate surface area is 161 Å². The summed E-state index contributed by atoms with van der Waals surface area (Å²) in [7, 11) is 0. The van der Waals surface area contributed by atoms with Crippen molar-refractivity contribution in [1.82, 2.24) is 24.8 Å². The van der Waals surface area contributed by atoms with Crippen LogP contribution in [-0.2, 0) is 4.74 Å². The van der Waals surface area contributed by atoms with Gasteiger partial charge in [0.05, 0.1) is 41.9 Å². The van der Waals surface area contributed by atoms with Crippen molar-refractivity contribution in [2.24, 2.45) is 0 Å². The number of hydrogen-bond donors (Lipinski definition) is 1. The molecule has 28 heavy (non-hydrogen) atoms. The molecule has 2 atom stereocenters. The van der Waals surface area contributed by atoms with Gasteiger partial charge in [-0.3, -0.25) is 5.10 Å². The molecule has 140 valence electrons. The lowest BCUT2D eigenvalue weighted by Crippen LogP contribution is -2.37. The van der Waals surface area contributed by atoms with Gasteiger partial charge in [-0.25, -0.2) is 9.50 Å². The first kappa shape index (κ1) is 15.0. The largest absolute Gasteiger partial charge is 0.374 e. The minimum Gasteiger partial charge on any atom is -0.374 e. The van der Waals surface area contributed by atoms with Crippen LogP contribution in [0.15, 0.2) is 36.5 Å². The molecular weight excluding hydrogens is 352 g/mol. The molecule has 2 aliphatic heterocycles. The van der Waals surface area contributed by atoms with Gasteiger partial charge < -0.3 is 9.64 Å². The highest BCUT2D eigenvalue weighted by atomic mass is 16.5. The standard InChI is InChI=1S/C21H20N6O/c1-2-12(1)21-16-7-13(3-4-17(16)23-24-21)18-9-22-19-5-6-20(25-27(18)19)26-10-15-8-14(26)11-28-15/h3-7,9,12,14-15H,1-2,8,10-11H2,(H,23,24)/t14-,15-/m1/s1. The zero-order chi connectivity index (χ0) is 18.2. The maximum absolute atomic E-state index is 5.74. The minimum absolute atomic E-state index is 0.356. The Balaban J connectivity index is 1.35. The van der Waals surface area contributed by atoms with E-state index in [2.05, 4.69) is 50.4 Å². The molecule has 3 fully saturated rings. The van der Waals surface area contributed by atoms with E-state index in [4.69, 9.17) is 9.84 Å². The lowest BCUT2D eigenvalue weighted by molar-refractivity contribution is 0.0988. The van der Waals surface area contributed by atoms with Gasteiger partial charge in [-0.05, 0) is 43.5 Å². The molecule has 0 amide bonds. The molecule has 1 saturated carbocycles. The van der Waals surface area contributed by atoms with Gasteiger partial charge in [0.1, 0.15) is 5.82 Å². The van der Waals surface area contributed by atoms with Crippen molar-refractivity contribution in [3.8, 4) is 11.3 Å². The van der Waals surface area contributed by atoms with Gasteiger partial charge in [-0.1, -0.05) is 6.07 Å². The summed E-state index contributed by atoms with van der Waals surface area (Å²) < 4.78 is 7.71. The van der Waals surface area contributed by atoms with Crippen molar-refractivity contribution in [3.05, 3.63) is 42.2 Å².